The van der Waals surface area contributed by atoms with Crippen LogP contribution in [-0.2, 0) is 72.9 Å². The topological polar surface area (TPSA) is 257 Å². The summed E-state index contributed by atoms with van der Waals surface area (Å²) < 4.78 is 76.2. The van der Waals surface area contributed by atoms with E-state index >= 15 is 0 Å². The number of ether oxygens (including phenoxy) is 14. The summed E-state index contributed by atoms with van der Waals surface area (Å²) in [7, 11) is 0. The average molecular weight is 933 g/mol. The Balaban J connectivity index is 1.15. The van der Waals surface area contributed by atoms with E-state index in [1.807, 2.05) is 30.3 Å². The third-order valence-electron chi connectivity index (χ3n) is 8.14. The zero-order chi connectivity index (χ0) is 46.5. The van der Waals surface area contributed by atoms with E-state index in [0.717, 1.165) is 11.6 Å². The Bertz CT molecular complexity index is 1450. The zero-order valence-corrected chi connectivity index (χ0v) is 37.3. The van der Waals surface area contributed by atoms with Gasteiger partial charge in [-0.3, -0.25) is 20.2 Å². The summed E-state index contributed by atoms with van der Waals surface area (Å²) in [6.07, 6.45) is -0.480. The summed E-state index contributed by atoms with van der Waals surface area (Å²) in [6.45, 7) is 12.0. The molecule has 0 atom stereocenters. The average Bonchev–Trinajstić information content (AvgIpc) is 3.31. The molecule has 65 heavy (non-hydrogen) atoms. The number of anilines is 1. The molecule has 370 valence electrons. The van der Waals surface area contributed by atoms with Gasteiger partial charge < -0.3 is 76.9 Å². The van der Waals surface area contributed by atoms with Crippen molar-refractivity contribution in [3.63, 3.8) is 0 Å². The SMILES string of the molecule is O=C(NCCOCCOCCOCCOCCOCCOCCOCCOCCOCCOCCOCCOCCOCCNc1ccc([N+](=O)[O-])cc1[N+](=O)[O-])OCc1ccccc1. The van der Waals surface area contributed by atoms with Gasteiger partial charge in [-0.15, -0.1) is 0 Å². The van der Waals surface area contributed by atoms with E-state index in [2.05, 4.69) is 10.6 Å². The highest BCUT2D eigenvalue weighted by Crippen LogP contribution is 2.28. The number of nitro groups is 2. The molecule has 0 saturated carbocycles. The second kappa shape index (κ2) is 42.4. The van der Waals surface area contributed by atoms with E-state index in [1.165, 1.54) is 12.1 Å². The highest BCUT2D eigenvalue weighted by molar-refractivity contribution is 5.67. The number of amides is 1. The van der Waals surface area contributed by atoms with Crippen LogP contribution in [0.15, 0.2) is 48.5 Å². The van der Waals surface area contributed by atoms with Crippen LogP contribution in [0.1, 0.15) is 5.56 Å². The summed E-state index contributed by atoms with van der Waals surface area (Å²) in [4.78, 5) is 32.3. The van der Waals surface area contributed by atoms with E-state index in [1.54, 1.807) is 0 Å². The molecule has 2 N–H and O–H groups in total. The maximum absolute atomic E-state index is 11.7. The number of nitrogens with zero attached hydrogens (tertiary/aromatic N) is 2. The lowest BCUT2D eigenvalue weighted by Crippen LogP contribution is -2.28. The molecule has 0 aliphatic rings. The van der Waals surface area contributed by atoms with Gasteiger partial charge in [0.15, 0.2) is 0 Å². The number of carbonyl (C=O) groups excluding carboxylic acids is 1. The first-order valence-electron chi connectivity index (χ1n) is 21.6. The van der Waals surface area contributed by atoms with Crippen LogP contribution in [0.25, 0.3) is 0 Å². The molecule has 0 aliphatic heterocycles. The molecule has 0 unspecified atom stereocenters. The molecule has 0 saturated heterocycles. The molecule has 0 aromatic heterocycles. The molecule has 0 heterocycles. The smallest absolute Gasteiger partial charge is 0.407 e. The standard InChI is InChI=1S/C42H68N4O19/c47-42(65-37-38-4-2-1-3-5-38)44-9-11-53-13-15-55-17-19-57-21-23-59-25-27-61-29-31-63-33-35-64-34-32-62-30-28-60-26-24-58-22-20-56-18-16-54-14-12-52-10-8-43-40-7-6-39(45(48)49)36-41(40)46(50)51/h1-7,36,43H,8-35,37H2,(H,44,47). The minimum absolute atomic E-state index is 0.180. The van der Waals surface area contributed by atoms with E-state index in [-0.39, 0.29) is 36.8 Å². The normalized spacial score (nSPS) is 11.2. The summed E-state index contributed by atoms with van der Waals surface area (Å²) >= 11 is 0. The van der Waals surface area contributed by atoms with Crippen molar-refractivity contribution in [3.8, 4) is 0 Å². The highest BCUT2D eigenvalue weighted by Gasteiger charge is 2.19. The van der Waals surface area contributed by atoms with E-state index in [0.29, 0.717) is 172 Å². The van der Waals surface area contributed by atoms with Crippen molar-refractivity contribution in [2.24, 2.45) is 0 Å². The molecule has 2 aromatic rings. The molecule has 0 radical (unpaired) electrons. The summed E-state index contributed by atoms with van der Waals surface area (Å²) in [6, 6.07) is 12.9. The Kier molecular flexibility index (Phi) is 37.2. The molecule has 0 aliphatic carbocycles. The molecule has 0 fully saturated rings. The molecule has 2 aromatic carbocycles. The fourth-order valence-electron chi connectivity index (χ4n) is 4.93. The van der Waals surface area contributed by atoms with Crippen molar-refractivity contribution in [3.05, 3.63) is 74.3 Å². The predicted molar refractivity (Wildman–Crippen MR) is 234 cm³/mol. The number of rotatable bonds is 47. The second-order valence-electron chi connectivity index (χ2n) is 13.1. The van der Waals surface area contributed by atoms with Crippen LogP contribution in [0.2, 0.25) is 0 Å². The van der Waals surface area contributed by atoms with Gasteiger partial charge in [0.25, 0.3) is 11.4 Å². The summed E-state index contributed by atoms with van der Waals surface area (Å²) in [5.41, 5.74) is 0.386. The number of non-ortho nitro benzene ring substituents is 1. The summed E-state index contributed by atoms with van der Waals surface area (Å²) in [5.74, 6) is 0. The molecule has 0 spiro atoms. The first-order chi connectivity index (χ1) is 32.0. The third kappa shape index (κ3) is 34.8. The van der Waals surface area contributed by atoms with Crippen LogP contribution in [0, 0.1) is 20.2 Å². The Morgan fingerprint density at radius 3 is 1.11 bits per heavy atom. The van der Waals surface area contributed by atoms with Crippen LogP contribution in [0.4, 0.5) is 21.9 Å². The van der Waals surface area contributed by atoms with Crippen molar-refractivity contribution >= 4 is 23.2 Å². The van der Waals surface area contributed by atoms with Gasteiger partial charge in [-0.2, -0.15) is 0 Å². The Labute approximate surface area is 380 Å². The lowest BCUT2D eigenvalue weighted by molar-refractivity contribution is -0.393. The molecule has 2 rings (SSSR count). The second-order valence-corrected chi connectivity index (χ2v) is 13.1. The van der Waals surface area contributed by atoms with E-state index in [9.17, 15) is 25.0 Å². The minimum Gasteiger partial charge on any atom is -0.445 e. The van der Waals surface area contributed by atoms with Gasteiger partial charge in [0.05, 0.1) is 188 Å². The fourth-order valence-corrected chi connectivity index (χ4v) is 4.93. The van der Waals surface area contributed by atoms with Gasteiger partial charge in [0.1, 0.15) is 12.3 Å². The number of carbonyl (C=O) groups is 1. The van der Waals surface area contributed by atoms with Crippen LogP contribution in [0.5, 0.6) is 0 Å². The molecule has 0 bridgehead atoms. The van der Waals surface area contributed by atoms with Crippen molar-refractivity contribution in [1.82, 2.24) is 5.32 Å². The van der Waals surface area contributed by atoms with E-state index < -0.39 is 15.9 Å². The first-order valence-corrected chi connectivity index (χ1v) is 21.6. The largest absolute Gasteiger partial charge is 0.445 e. The number of nitro benzene ring substituents is 2. The lowest BCUT2D eigenvalue weighted by Gasteiger charge is -2.09. The maximum atomic E-state index is 11.7. The van der Waals surface area contributed by atoms with Crippen LogP contribution >= 0.6 is 0 Å². The van der Waals surface area contributed by atoms with Gasteiger partial charge in [-0.25, -0.2) is 4.79 Å². The Morgan fingerprint density at radius 2 is 0.769 bits per heavy atom. The number of nitrogens with one attached hydrogen (secondary N) is 2. The monoisotopic (exact) mass is 932 g/mol. The maximum Gasteiger partial charge on any atom is 0.407 e. The zero-order valence-electron chi connectivity index (χ0n) is 37.3. The molecule has 1 amide bonds. The van der Waals surface area contributed by atoms with Crippen LogP contribution in [-0.4, -0.2) is 201 Å². The molecular weight excluding hydrogens is 864 g/mol. The quantitative estimate of drug-likeness (QED) is 0.0549. The van der Waals surface area contributed by atoms with E-state index in [4.69, 9.17) is 66.3 Å². The Hall–Kier alpha value is -4.21. The van der Waals surface area contributed by atoms with Gasteiger partial charge in [0.2, 0.25) is 0 Å². The van der Waals surface area contributed by atoms with Crippen molar-refractivity contribution in [2.45, 2.75) is 6.61 Å². The van der Waals surface area contributed by atoms with Crippen molar-refractivity contribution in [1.29, 1.82) is 0 Å². The predicted octanol–water partition coefficient (Wildman–Crippen LogP) is 3.06. The van der Waals surface area contributed by atoms with Crippen molar-refractivity contribution in [2.75, 3.05) is 190 Å². The van der Waals surface area contributed by atoms with Gasteiger partial charge >= 0.3 is 6.09 Å². The van der Waals surface area contributed by atoms with Crippen molar-refractivity contribution < 1.29 is 81.0 Å². The summed E-state index contributed by atoms with van der Waals surface area (Å²) in [5, 5.41) is 27.5. The number of benzene rings is 2. The first kappa shape index (κ1) is 56.9. The highest BCUT2D eigenvalue weighted by atomic mass is 16.6. The van der Waals surface area contributed by atoms with Crippen LogP contribution in [0.3, 0.4) is 0 Å². The Morgan fingerprint density at radius 1 is 0.431 bits per heavy atom. The van der Waals surface area contributed by atoms with Gasteiger partial charge in [-0.1, -0.05) is 30.3 Å². The number of hydrogen-bond donors (Lipinski definition) is 2. The lowest BCUT2D eigenvalue weighted by atomic mass is 10.2. The van der Waals surface area contributed by atoms with Gasteiger partial charge in [0, 0.05) is 19.2 Å². The molecule has 23 nitrogen and oxygen atoms in total. The number of hydrogen-bond acceptors (Lipinski definition) is 20. The molecular formula is C42H68N4O19. The number of alkyl carbamates (subject to hydrolysis) is 1. The van der Waals surface area contributed by atoms with Crippen LogP contribution < -0.4 is 10.6 Å². The minimum atomic E-state index is -0.684. The fraction of sp³-hybridized carbons (Fsp3) is 0.690. The van der Waals surface area contributed by atoms with Gasteiger partial charge in [-0.05, 0) is 11.6 Å². The molecule has 23 heteroatoms. The third-order valence-corrected chi connectivity index (χ3v) is 8.14.